The van der Waals surface area contributed by atoms with Crippen LogP contribution in [0.25, 0.3) is 10.2 Å². The number of piperazine rings is 1. The number of hydrogen-bond acceptors (Lipinski definition) is 5. The van der Waals surface area contributed by atoms with Crippen molar-refractivity contribution in [2.45, 2.75) is 26.2 Å². The van der Waals surface area contributed by atoms with E-state index >= 15 is 0 Å². The summed E-state index contributed by atoms with van der Waals surface area (Å²) in [6.07, 6.45) is 5.07. The average molecular weight is 411 g/mol. The number of aryl methyl sites for hydroxylation is 1. The normalized spacial score (nSPS) is 19.4. The molecule has 1 saturated heterocycles. The molecule has 5 nitrogen and oxygen atoms in total. The minimum Gasteiger partial charge on any atom is -0.352 e. The van der Waals surface area contributed by atoms with Gasteiger partial charge in [-0.3, -0.25) is 4.79 Å². The van der Waals surface area contributed by atoms with Crippen molar-refractivity contribution in [3.05, 3.63) is 52.4 Å². The van der Waals surface area contributed by atoms with E-state index in [-0.39, 0.29) is 11.5 Å². The Morgan fingerprint density at radius 3 is 2.76 bits per heavy atom. The molecule has 2 aliphatic rings. The van der Waals surface area contributed by atoms with Crippen molar-refractivity contribution >= 4 is 33.3 Å². The lowest BCUT2D eigenvalue weighted by Gasteiger charge is -2.36. The van der Waals surface area contributed by atoms with E-state index in [1.807, 2.05) is 0 Å². The zero-order chi connectivity index (χ0) is 20.0. The van der Waals surface area contributed by atoms with Crippen molar-refractivity contribution in [1.82, 2.24) is 14.9 Å². The first-order valence-electron chi connectivity index (χ1n) is 10.2. The van der Waals surface area contributed by atoms with Gasteiger partial charge in [0.2, 0.25) is 0 Å². The van der Waals surface area contributed by atoms with E-state index in [1.165, 1.54) is 28.3 Å². The Hall–Kier alpha value is -2.54. The number of rotatable bonds is 2. The SMILES string of the molecule is CC1CCc2c(sc3ncnc(N4CCN(C(=O)c5ccccc5F)CC4)c23)C1. The van der Waals surface area contributed by atoms with Gasteiger partial charge >= 0.3 is 0 Å². The molecule has 1 aromatic carbocycles. The molecule has 1 amide bonds. The lowest BCUT2D eigenvalue weighted by Crippen LogP contribution is -2.49. The van der Waals surface area contributed by atoms with Crippen molar-refractivity contribution in [3.8, 4) is 0 Å². The fourth-order valence-electron chi connectivity index (χ4n) is 4.42. The van der Waals surface area contributed by atoms with Gasteiger partial charge in [0.1, 0.15) is 22.8 Å². The molecule has 5 rings (SSSR count). The van der Waals surface area contributed by atoms with E-state index in [2.05, 4.69) is 21.8 Å². The molecule has 0 N–H and O–H groups in total. The smallest absolute Gasteiger partial charge is 0.256 e. The first-order valence-corrected chi connectivity index (χ1v) is 11.0. The Morgan fingerprint density at radius 1 is 1.17 bits per heavy atom. The molecular formula is C22H23FN4OS. The Bertz CT molecular complexity index is 1070. The Labute approximate surface area is 173 Å². The van der Waals surface area contributed by atoms with E-state index in [9.17, 15) is 9.18 Å². The van der Waals surface area contributed by atoms with Gasteiger partial charge < -0.3 is 9.80 Å². The molecule has 1 atom stereocenters. The quantitative estimate of drug-likeness (QED) is 0.643. The molecule has 3 aromatic rings. The monoisotopic (exact) mass is 410 g/mol. The molecule has 2 aromatic heterocycles. The van der Waals surface area contributed by atoms with Crippen molar-refractivity contribution in [2.24, 2.45) is 5.92 Å². The molecular weight excluding hydrogens is 387 g/mol. The largest absolute Gasteiger partial charge is 0.352 e. The number of aromatic nitrogens is 2. The van der Waals surface area contributed by atoms with Gasteiger partial charge in [0.25, 0.3) is 5.91 Å². The highest BCUT2D eigenvalue weighted by Gasteiger charge is 2.28. The minimum absolute atomic E-state index is 0.145. The van der Waals surface area contributed by atoms with Gasteiger partial charge in [-0.2, -0.15) is 0 Å². The van der Waals surface area contributed by atoms with Gasteiger partial charge in [0, 0.05) is 31.1 Å². The van der Waals surface area contributed by atoms with Crippen LogP contribution in [0.1, 0.15) is 34.1 Å². The van der Waals surface area contributed by atoms with Gasteiger partial charge in [-0.1, -0.05) is 19.1 Å². The van der Waals surface area contributed by atoms with Crippen LogP contribution in [0.2, 0.25) is 0 Å². The standard InChI is InChI=1S/C22H23FN4OS/c1-14-6-7-16-18(12-14)29-21-19(16)20(24-13-25-21)26-8-10-27(11-9-26)22(28)15-4-2-3-5-17(15)23/h2-5,13-14H,6-12H2,1H3. The number of nitrogens with zero attached hydrogens (tertiary/aromatic N) is 4. The summed E-state index contributed by atoms with van der Waals surface area (Å²) in [5.74, 6) is 1.01. The maximum Gasteiger partial charge on any atom is 0.256 e. The second kappa shape index (κ2) is 7.37. The summed E-state index contributed by atoms with van der Waals surface area (Å²) >= 11 is 1.80. The van der Waals surface area contributed by atoms with Gasteiger partial charge in [-0.15, -0.1) is 11.3 Å². The minimum atomic E-state index is -0.462. The number of carbonyl (C=O) groups is 1. The van der Waals surface area contributed by atoms with Crippen LogP contribution in [0, 0.1) is 11.7 Å². The molecule has 1 aliphatic heterocycles. The van der Waals surface area contributed by atoms with E-state index in [0.29, 0.717) is 26.2 Å². The summed E-state index contributed by atoms with van der Waals surface area (Å²) in [4.78, 5) is 28.4. The van der Waals surface area contributed by atoms with E-state index in [0.717, 1.165) is 29.4 Å². The zero-order valence-corrected chi connectivity index (χ0v) is 17.2. The molecule has 0 bridgehead atoms. The highest BCUT2D eigenvalue weighted by molar-refractivity contribution is 7.19. The van der Waals surface area contributed by atoms with Crippen LogP contribution in [-0.2, 0) is 12.8 Å². The van der Waals surface area contributed by atoms with Crippen LogP contribution >= 0.6 is 11.3 Å². The zero-order valence-electron chi connectivity index (χ0n) is 16.4. The number of halogens is 1. The lowest BCUT2D eigenvalue weighted by atomic mass is 9.89. The van der Waals surface area contributed by atoms with Crippen molar-refractivity contribution in [1.29, 1.82) is 0 Å². The third kappa shape index (κ3) is 3.27. The Balaban J connectivity index is 1.38. The first kappa shape index (κ1) is 18.5. The second-order valence-corrected chi connectivity index (χ2v) is 9.07. The Morgan fingerprint density at radius 2 is 1.97 bits per heavy atom. The summed E-state index contributed by atoms with van der Waals surface area (Å²) in [6.45, 7) is 4.80. The van der Waals surface area contributed by atoms with Gasteiger partial charge in [0.05, 0.1) is 10.9 Å². The predicted octanol–water partition coefficient (Wildman–Crippen LogP) is 3.92. The summed E-state index contributed by atoms with van der Waals surface area (Å²) < 4.78 is 14.0. The summed E-state index contributed by atoms with van der Waals surface area (Å²) in [6, 6.07) is 6.19. The molecule has 0 spiro atoms. The number of benzene rings is 1. The maximum absolute atomic E-state index is 14.0. The molecule has 7 heteroatoms. The van der Waals surface area contributed by atoms with Gasteiger partial charge in [-0.25, -0.2) is 14.4 Å². The van der Waals surface area contributed by atoms with Crippen LogP contribution in [0.15, 0.2) is 30.6 Å². The number of amides is 1. The van der Waals surface area contributed by atoms with Crippen molar-refractivity contribution in [2.75, 3.05) is 31.1 Å². The highest BCUT2D eigenvalue weighted by atomic mass is 32.1. The number of fused-ring (bicyclic) bond motifs is 3. The van der Waals surface area contributed by atoms with Crippen LogP contribution < -0.4 is 4.90 Å². The first-order chi connectivity index (χ1) is 14.1. The summed E-state index contributed by atoms with van der Waals surface area (Å²) in [5, 5.41) is 1.20. The molecule has 0 radical (unpaired) electrons. The average Bonchev–Trinajstić information content (AvgIpc) is 3.11. The van der Waals surface area contributed by atoms with E-state index in [1.54, 1.807) is 40.8 Å². The molecule has 3 heterocycles. The van der Waals surface area contributed by atoms with Crippen molar-refractivity contribution < 1.29 is 9.18 Å². The van der Waals surface area contributed by atoms with E-state index < -0.39 is 5.82 Å². The van der Waals surface area contributed by atoms with Crippen LogP contribution in [0.5, 0.6) is 0 Å². The van der Waals surface area contributed by atoms with Crippen LogP contribution in [0.3, 0.4) is 0 Å². The number of thiophene rings is 1. The molecule has 29 heavy (non-hydrogen) atoms. The fourth-order valence-corrected chi connectivity index (χ4v) is 5.77. The van der Waals surface area contributed by atoms with Gasteiger partial charge in [-0.05, 0) is 42.9 Å². The number of hydrogen-bond donors (Lipinski definition) is 0. The Kier molecular flexibility index (Phi) is 4.70. The molecule has 1 unspecified atom stereocenters. The molecule has 1 aliphatic carbocycles. The van der Waals surface area contributed by atoms with Crippen molar-refractivity contribution in [3.63, 3.8) is 0 Å². The van der Waals surface area contributed by atoms with E-state index in [4.69, 9.17) is 0 Å². The third-order valence-electron chi connectivity index (χ3n) is 6.04. The topological polar surface area (TPSA) is 49.3 Å². The van der Waals surface area contributed by atoms with Crippen LogP contribution in [-0.4, -0.2) is 47.0 Å². The summed E-state index contributed by atoms with van der Waals surface area (Å²) in [7, 11) is 0. The highest BCUT2D eigenvalue weighted by Crippen LogP contribution is 2.40. The second-order valence-electron chi connectivity index (χ2n) is 7.99. The van der Waals surface area contributed by atoms with Crippen LogP contribution in [0.4, 0.5) is 10.2 Å². The lowest BCUT2D eigenvalue weighted by molar-refractivity contribution is 0.0742. The predicted molar refractivity (Wildman–Crippen MR) is 113 cm³/mol. The molecule has 1 fully saturated rings. The third-order valence-corrected chi connectivity index (χ3v) is 7.20. The van der Waals surface area contributed by atoms with Gasteiger partial charge in [0.15, 0.2) is 0 Å². The summed E-state index contributed by atoms with van der Waals surface area (Å²) in [5.41, 5.74) is 1.56. The number of carbonyl (C=O) groups excluding carboxylic acids is 1. The number of anilines is 1. The molecule has 150 valence electrons. The molecule has 0 saturated carbocycles. The maximum atomic E-state index is 14.0. The fraction of sp³-hybridized carbons (Fsp3) is 0.409.